The first-order chi connectivity index (χ1) is 12.2. The van der Waals surface area contributed by atoms with Crippen molar-refractivity contribution >= 4 is 28.6 Å². The maximum absolute atomic E-state index is 12.2. The number of carbonyl (C=O) groups excluding carboxylic acids is 1. The van der Waals surface area contributed by atoms with Crippen molar-refractivity contribution in [3.05, 3.63) is 83.4 Å². The molecule has 0 atom stereocenters. The number of halogens is 1. The number of aromatic amines is 1. The van der Waals surface area contributed by atoms with E-state index in [1.807, 2.05) is 36.4 Å². The first-order valence-corrected chi connectivity index (χ1v) is 8.10. The SMILES string of the molecule is O=C(Oc1cccc(-c2nc3ccccc3[nH]2)c1)c1ccc(Cl)cc1. The molecule has 25 heavy (non-hydrogen) atoms. The summed E-state index contributed by atoms with van der Waals surface area (Å²) in [5.41, 5.74) is 3.14. The minimum absolute atomic E-state index is 0.432. The highest BCUT2D eigenvalue weighted by Crippen LogP contribution is 2.24. The molecule has 0 saturated heterocycles. The summed E-state index contributed by atoms with van der Waals surface area (Å²) < 4.78 is 5.45. The number of ether oxygens (including phenoxy) is 1. The van der Waals surface area contributed by atoms with Crippen LogP contribution in [0.3, 0.4) is 0 Å². The monoisotopic (exact) mass is 348 g/mol. The molecule has 0 aliphatic heterocycles. The van der Waals surface area contributed by atoms with Gasteiger partial charge in [0, 0.05) is 10.6 Å². The van der Waals surface area contributed by atoms with Gasteiger partial charge in [-0.15, -0.1) is 0 Å². The van der Waals surface area contributed by atoms with Crippen molar-refractivity contribution in [2.24, 2.45) is 0 Å². The van der Waals surface area contributed by atoms with E-state index >= 15 is 0 Å². The summed E-state index contributed by atoms with van der Waals surface area (Å²) in [4.78, 5) is 20.0. The van der Waals surface area contributed by atoms with Crippen molar-refractivity contribution in [3.63, 3.8) is 0 Å². The number of hydrogen-bond donors (Lipinski definition) is 1. The molecule has 5 heteroatoms. The molecule has 1 N–H and O–H groups in total. The molecular formula is C20H13ClN2O2. The molecule has 0 bridgehead atoms. The average molecular weight is 349 g/mol. The lowest BCUT2D eigenvalue weighted by atomic mass is 10.2. The number of benzene rings is 3. The van der Waals surface area contributed by atoms with E-state index in [0.717, 1.165) is 22.4 Å². The second-order valence-corrected chi connectivity index (χ2v) is 5.96. The highest BCUT2D eigenvalue weighted by Gasteiger charge is 2.10. The molecule has 0 saturated carbocycles. The lowest BCUT2D eigenvalue weighted by Crippen LogP contribution is -2.08. The fourth-order valence-electron chi connectivity index (χ4n) is 2.55. The maximum Gasteiger partial charge on any atom is 0.343 e. The number of aromatic nitrogens is 2. The minimum Gasteiger partial charge on any atom is -0.423 e. The van der Waals surface area contributed by atoms with Crippen LogP contribution in [-0.2, 0) is 0 Å². The Hall–Kier alpha value is -3.11. The van der Waals surface area contributed by atoms with Gasteiger partial charge >= 0.3 is 5.97 Å². The van der Waals surface area contributed by atoms with E-state index in [4.69, 9.17) is 16.3 Å². The predicted molar refractivity (Wildman–Crippen MR) is 97.9 cm³/mol. The van der Waals surface area contributed by atoms with E-state index in [-0.39, 0.29) is 0 Å². The lowest BCUT2D eigenvalue weighted by molar-refractivity contribution is 0.0735. The van der Waals surface area contributed by atoms with Crippen molar-refractivity contribution in [1.29, 1.82) is 0 Å². The zero-order valence-corrected chi connectivity index (χ0v) is 13.8. The van der Waals surface area contributed by atoms with Crippen LogP contribution in [0, 0.1) is 0 Å². The number of nitrogens with zero attached hydrogens (tertiary/aromatic N) is 1. The van der Waals surface area contributed by atoms with Gasteiger partial charge in [0.25, 0.3) is 0 Å². The van der Waals surface area contributed by atoms with Crippen LogP contribution >= 0.6 is 11.6 Å². The van der Waals surface area contributed by atoms with Crippen LogP contribution < -0.4 is 4.74 Å². The number of para-hydroxylation sites is 2. The van der Waals surface area contributed by atoms with Crippen LogP contribution in [0.1, 0.15) is 10.4 Å². The summed E-state index contributed by atoms with van der Waals surface area (Å²) in [5.74, 6) is 0.752. The first kappa shape index (κ1) is 15.4. The number of nitrogens with one attached hydrogen (secondary N) is 1. The van der Waals surface area contributed by atoms with Gasteiger partial charge in [-0.25, -0.2) is 9.78 Å². The van der Waals surface area contributed by atoms with Crippen molar-refractivity contribution in [1.82, 2.24) is 9.97 Å². The van der Waals surface area contributed by atoms with Gasteiger partial charge in [0.2, 0.25) is 0 Å². The second-order valence-electron chi connectivity index (χ2n) is 5.53. The summed E-state index contributed by atoms with van der Waals surface area (Å²) in [6, 6.07) is 21.6. The summed E-state index contributed by atoms with van der Waals surface area (Å²) in [7, 11) is 0. The van der Waals surface area contributed by atoms with E-state index in [9.17, 15) is 4.79 Å². The fourth-order valence-corrected chi connectivity index (χ4v) is 2.67. The standard InChI is InChI=1S/C20H13ClN2O2/c21-15-10-8-13(9-11-15)20(24)25-16-5-3-4-14(12-16)19-22-17-6-1-2-7-18(17)23-19/h1-12H,(H,22,23). The molecule has 0 amide bonds. The Morgan fingerprint density at radius 3 is 2.56 bits per heavy atom. The van der Waals surface area contributed by atoms with Crippen LogP contribution in [0.5, 0.6) is 5.75 Å². The summed E-state index contributed by atoms with van der Waals surface area (Å²) >= 11 is 5.84. The third-order valence-corrected chi connectivity index (χ3v) is 4.04. The Bertz CT molecular complexity index is 1020. The Balaban J connectivity index is 1.60. The zero-order chi connectivity index (χ0) is 17.2. The number of H-pyrrole nitrogens is 1. The Morgan fingerprint density at radius 2 is 1.76 bits per heavy atom. The Kier molecular flexibility index (Phi) is 3.96. The van der Waals surface area contributed by atoms with Crippen LogP contribution in [0.25, 0.3) is 22.4 Å². The van der Waals surface area contributed by atoms with Crippen molar-refractivity contribution in [3.8, 4) is 17.1 Å². The molecule has 3 aromatic carbocycles. The molecule has 122 valence electrons. The summed E-state index contributed by atoms with van der Waals surface area (Å²) in [6.07, 6.45) is 0. The van der Waals surface area contributed by atoms with Crippen LogP contribution in [0.4, 0.5) is 0 Å². The number of hydrogen-bond acceptors (Lipinski definition) is 3. The van der Waals surface area contributed by atoms with Crippen LogP contribution in [-0.4, -0.2) is 15.9 Å². The predicted octanol–water partition coefficient (Wildman–Crippen LogP) is 5.10. The molecule has 1 heterocycles. The highest BCUT2D eigenvalue weighted by molar-refractivity contribution is 6.30. The van der Waals surface area contributed by atoms with Crippen LogP contribution in [0.15, 0.2) is 72.8 Å². The molecule has 0 unspecified atom stereocenters. The van der Waals surface area contributed by atoms with Gasteiger partial charge in [0.1, 0.15) is 11.6 Å². The normalized spacial score (nSPS) is 10.8. The third kappa shape index (κ3) is 3.25. The average Bonchev–Trinajstić information content (AvgIpc) is 3.07. The third-order valence-electron chi connectivity index (χ3n) is 3.79. The van der Waals surface area contributed by atoms with E-state index in [2.05, 4.69) is 9.97 Å². The summed E-state index contributed by atoms with van der Waals surface area (Å²) in [5, 5.41) is 0.573. The highest BCUT2D eigenvalue weighted by atomic mass is 35.5. The maximum atomic E-state index is 12.2. The van der Waals surface area contributed by atoms with Crippen molar-refractivity contribution in [2.75, 3.05) is 0 Å². The molecule has 4 nitrogen and oxygen atoms in total. The van der Waals surface area contributed by atoms with E-state index in [1.54, 1.807) is 36.4 Å². The summed E-state index contributed by atoms with van der Waals surface area (Å²) in [6.45, 7) is 0. The van der Waals surface area contributed by atoms with Gasteiger partial charge in [0.15, 0.2) is 0 Å². The van der Waals surface area contributed by atoms with Gasteiger partial charge in [-0.2, -0.15) is 0 Å². The van der Waals surface area contributed by atoms with Crippen molar-refractivity contribution < 1.29 is 9.53 Å². The second kappa shape index (κ2) is 6.42. The quantitative estimate of drug-likeness (QED) is 0.414. The number of rotatable bonds is 3. The molecule has 4 rings (SSSR count). The van der Waals surface area contributed by atoms with Gasteiger partial charge in [0.05, 0.1) is 16.6 Å². The molecule has 4 aromatic rings. The number of esters is 1. The molecule has 0 aliphatic rings. The van der Waals surface area contributed by atoms with Gasteiger partial charge in [-0.3, -0.25) is 0 Å². The van der Waals surface area contributed by atoms with E-state index < -0.39 is 5.97 Å². The van der Waals surface area contributed by atoms with Gasteiger partial charge in [-0.05, 0) is 48.5 Å². The Morgan fingerprint density at radius 1 is 0.960 bits per heavy atom. The van der Waals surface area contributed by atoms with E-state index in [0.29, 0.717) is 16.3 Å². The molecule has 0 spiro atoms. The Labute approximate surface area is 149 Å². The molecule has 1 aromatic heterocycles. The van der Waals surface area contributed by atoms with Gasteiger partial charge < -0.3 is 9.72 Å². The van der Waals surface area contributed by atoms with Crippen LogP contribution in [0.2, 0.25) is 5.02 Å². The molecule has 0 radical (unpaired) electrons. The topological polar surface area (TPSA) is 55.0 Å². The molecule has 0 aliphatic carbocycles. The lowest BCUT2D eigenvalue weighted by Gasteiger charge is -2.06. The minimum atomic E-state index is -0.432. The number of fused-ring (bicyclic) bond motifs is 1. The number of imidazole rings is 1. The van der Waals surface area contributed by atoms with Crippen molar-refractivity contribution in [2.45, 2.75) is 0 Å². The molecule has 0 fully saturated rings. The largest absolute Gasteiger partial charge is 0.423 e. The number of carbonyl (C=O) groups is 1. The fraction of sp³-hybridized carbons (Fsp3) is 0. The molecular weight excluding hydrogens is 336 g/mol. The zero-order valence-electron chi connectivity index (χ0n) is 13.1. The van der Waals surface area contributed by atoms with Gasteiger partial charge in [-0.1, -0.05) is 35.9 Å². The smallest absolute Gasteiger partial charge is 0.343 e. The first-order valence-electron chi connectivity index (χ1n) is 7.72. The van der Waals surface area contributed by atoms with E-state index in [1.165, 1.54) is 0 Å².